The molecule has 21 heavy (non-hydrogen) atoms. The van der Waals surface area contributed by atoms with E-state index in [1.807, 2.05) is 0 Å². The van der Waals surface area contributed by atoms with Crippen LogP contribution in [0.3, 0.4) is 0 Å². The number of aliphatic hydroxyl groups is 1. The van der Waals surface area contributed by atoms with E-state index in [2.05, 4.69) is 6.92 Å². The summed E-state index contributed by atoms with van der Waals surface area (Å²) in [7, 11) is -3.45. The number of hydrogen-bond donors (Lipinski definition) is 2. The van der Waals surface area contributed by atoms with Gasteiger partial charge in [-0.05, 0) is 6.42 Å². The van der Waals surface area contributed by atoms with Crippen molar-refractivity contribution in [2.24, 2.45) is 0 Å². The molecule has 5 heteroatoms. The average molecular weight is 322 g/mol. The van der Waals surface area contributed by atoms with Crippen LogP contribution in [0.4, 0.5) is 0 Å². The summed E-state index contributed by atoms with van der Waals surface area (Å²) in [6, 6.07) is 0. The minimum atomic E-state index is -3.45. The molecule has 0 radical (unpaired) electrons. The molecule has 0 bridgehead atoms. The lowest BCUT2D eigenvalue weighted by atomic mass is 10.1. The molecule has 128 valence electrons. The Morgan fingerprint density at radius 1 is 0.810 bits per heavy atom. The maximum absolute atomic E-state index is 11.5. The Hall–Kier alpha value is 0.110. The third-order valence-electron chi connectivity index (χ3n) is 3.68. The molecule has 0 aliphatic heterocycles. The molecule has 0 saturated heterocycles. The molecule has 0 aliphatic carbocycles. The summed E-state index contributed by atoms with van der Waals surface area (Å²) in [6.45, 7) is 1.99. The quantitative estimate of drug-likeness (QED) is 0.314. The number of hydrogen-bond acceptors (Lipinski definition) is 3. The highest BCUT2D eigenvalue weighted by molar-refractivity contribution is 7.52. The second-order valence-electron chi connectivity index (χ2n) is 5.81. The highest BCUT2D eigenvalue weighted by Crippen LogP contribution is 2.42. The van der Waals surface area contributed by atoms with Gasteiger partial charge in [-0.1, -0.05) is 77.6 Å². The van der Waals surface area contributed by atoms with E-state index in [0.29, 0.717) is 0 Å². The summed E-state index contributed by atoms with van der Waals surface area (Å²) in [5.41, 5.74) is 0. The van der Waals surface area contributed by atoms with Crippen molar-refractivity contribution >= 4 is 7.60 Å². The topological polar surface area (TPSA) is 66.8 Å². The summed E-state index contributed by atoms with van der Waals surface area (Å²) in [6.07, 6.45) is 15.1. The Bertz CT molecular complexity index is 259. The summed E-state index contributed by atoms with van der Waals surface area (Å²) >= 11 is 0. The van der Waals surface area contributed by atoms with Gasteiger partial charge in [0, 0.05) is 6.16 Å². The standard InChI is InChI=1S/C16H35O4P/c1-2-3-4-5-6-7-8-9-10-11-12-13-16-21(18,19)20-15-14-17/h17H,2-16H2,1H3,(H,18,19). The summed E-state index contributed by atoms with van der Waals surface area (Å²) < 4.78 is 16.2. The van der Waals surface area contributed by atoms with E-state index in [-0.39, 0.29) is 19.4 Å². The summed E-state index contributed by atoms with van der Waals surface area (Å²) in [4.78, 5) is 9.43. The molecule has 0 aromatic carbocycles. The summed E-state index contributed by atoms with van der Waals surface area (Å²) in [5.74, 6) is 0. The SMILES string of the molecule is CCCCCCCCCCCCCCP(=O)(O)OCCO. The third kappa shape index (κ3) is 16.3. The van der Waals surface area contributed by atoms with Crippen LogP contribution in [0.25, 0.3) is 0 Å². The van der Waals surface area contributed by atoms with E-state index in [4.69, 9.17) is 9.63 Å². The van der Waals surface area contributed by atoms with Crippen LogP contribution in [-0.2, 0) is 9.09 Å². The van der Waals surface area contributed by atoms with Crippen molar-refractivity contribution in [3.05, 3.63) is 0 Å². The molecule has 0 fully saturated rings. The molecule has 0 heterocycles. The van der Waals surface area contributed by atoms with Crippen molar-refractivity contribution in [3.63, 3.8) is 0 Å². The van der Waals surface area contributed by atoms with Gasteiger partial charge in [0.05, 0.1) is 13.2 Å². The third-order valence-corrected chi connectivity index (χ3v) is 5.15. The van der Waals surface area contributed by atoms with Crippen molar-refractivity contribution in [1.29, 1.82) is 0 Å². The Labute approximate surface area is 130 Å². The van der Waals surface area contributed by atoms with E-state index < -0.39 is 7.60 Å². The van der Waals surface area contributed by atoms with E-state index in [1.54, 1.807) is 0 Å². The summed E-state index contributed by atoms with van der Waals surface area (Å²) in [5, 5.41) is 8.55. The van der Waals surface area contributed by atoms with Gasteiger partial charge in [-0.15, -0.1) is 0 Å². The molecule has 0 rings (SSSR count). The largest absolute Gasteiger partial charge is 0.394 e. The normalized spacial score (nSPS) is 14.2. The van der Waals surface area contributed by atoms with Crippen LogP contribution >= 0.6 is 7.60 Å². The smallest absolute Gasteiger partial charge is 0.328 e. The zero-order chi connectivity index (χ0) is 15.8. The van der Waals surface area contributed by atoms with Gasteiger partial charge in [0.15, 0.2) is 0 Å². The van der Waals surface area contributed by atoms with Crippen LogP contribution in [-0.4, -0.2) is 29.4 Å². The van der Waals surface area contributed by atoms with Gasteiger partial charge in [-0.3, -0.25) is 4.57 Å². The predicted molar refractivity (Wildman–Crippen MR) is 88.8 cm³/mol. The molecule has 0 aromatic rings. The van der Waals surface area contributed by atoms with E-state index in [0.717, 1.165) is 19.3 Å². The van der Waals surface area contributed by atoms with Gasteiger partial charge in [0.1, 0.15) is 0 Å². The lowest BCUT2D eigenvalue weighted by Gasteiger charge is -2.10. The van der Waals surface area contributed by atoms with Crippen molar-refractivity contribution in [2.45, 2.75) is 84.0 Å². The van der Waals surface area contributed by atoms with Gasteiger partial charge in [-0.2, -0.15) is 0 Å². The second kappa shape index (κ2) is 15.0. The molecule has 1 unspecified atom stereocenters. The fraction of sp³-hybridized carbons (Fsp3) is 1.00. The molecular weight excluding hydrogens is 287 g/mol. The van der Waals surface area contributed by atoms with Crippen molar-refractivity contribution in [2.75, 3.05) is 19.4 Å². The highest BCUT2D eigenvalue weighted by atomic mass is 31.2. The van der Waals surface area contributed by atoms with Gasteiger partial charge < -0.3 is 14.5 Å². The van der Waals surface area contributed by atoms with Crippen LogP contribution in [0, 0.1) is 0 Å². The van der Waals surface area contributed by atoms with Gasteiger partial charge in [-0.25, -0.2) is 0 Å². The first-order valence-electron chi connectivity index (χ1n) is 8.69. The van der Waals surface area contributed by atoms with Crippen molar-refractivity contribution in [3.8, 4) is 0 Å². The molecule has 0 amide bonds. The minimum absolute atomic E-state index is 0.0496. The Morgan fingerprint density at radius 2 is 1.24 bits per heavy atom. The Morgan fingerprint density at radius 3 is 1.67 bits per heavy atom. The van der Waals surface area contributed by atoms with Crippen LogP contribution in [0.5, 0.6) is 0 Å². The highest BCUT2D eigenvalue weighted by Gasteiger charge is 2.17. The fourth-order valence-corrected chi connectivity index (χ4v) is 3.52. The molecule has 0 aromatic heterocycles. The van der Waals surface area contributed by atoms with E-state index >= 15 is 0 Å². The van der Waals surface area contributed by atoms with E-state index in [9.17, 15) is 9.46 Å². The molecule has 0 saturated carbocycles. The Balaban J connectivity index is 3.20. The van der Waals surface area contributed by atoms with Crippen LogP contribution in [0.15, 0.2) is 0 Å². The molecule has 2 N–H and O–H groups in total. The lowest BCUT2D eigenvalue weighted by molar-refractivity contribution is 0.183. The monoisotopic (exact) mass is 322 g/mol. The first-order chi connectivity index (χ1) is 10.1. The molecular formula is C16H35O4P. The maximum atomic E-state index is 11.5. The first kappa shape index (κ1) is 21.1. The van der Waals surface area contributed by atoms with Crippen LogP contribution in [0.1, 0.15) is 84.0 Å². The van der Waals surface area contributed by atoms with Crippen molar-refractivity contribution < 1.29 is 19.1 Å². The number of unbranched alkanes of at least 4 members (excludes halogenated alkanes) is 11. The van der Waals surface area contributed by atoms with E-state index in [1.165, 1.54) is 57.8 Å². The second-order valence-corrected chi connectivity index (χ2v) is 7.79. The van der Waals surface area contributed by atoms with Gasteiger partial charge >= 0.3 is 7.60 Å². The van der Waals surface area contributed by atoms with Crippen LogP contribution < -0.4 is 0 Å². The minimum Gasteiger partial charge on any atom is -0.394 e. The molecule has 0 aliphatic rings. The van der Waals surface area contributed by atoms with Gasteiger partial charge in [0.25, 0.3) is 0 Å². The van der Waals surface area contributed by atoms with Crippen molar-refractivity contribution in [1.82, 2.24) is 0 Å². The molecule has 4 nitrogen and oxygen atoms in total. The zero-order valence-corrected chi connectivity index (χ0v) is 14.7. The average Bonchev–Trinajstić information content (AvgIpc) is 2.46. The maximum Gasteiger partial charge on any atom is 0.328 e. The lowest BCUT2D eigenvalue weighted by Crippen LogP contribution is -2.00. The van der Waals surface area contributed by atoms with Gasteiger partial charge in [0.2, 0.25) is 0 Å². The fourth-order valence-electron chi connectivity index (χ4n) is 2.40. The Kier molecular flexibility index (Phi) is 15.1. The first-order valence-corrected chi connectivity index (χ1v) is 10.5. The zero-order valence-electron chi connectivity index (χ0n) is 13.8. The number of rotatable bonds is 16. The predicted octanol–water partition coefficient (Wildman–Crippen LogP) is 4.88. The van der Waals surface area contributed by atoms with Crippen LogP contribution in [0.2, 0.25) is 0 Å². The molecule has 0 spiro atoms. The number of aliphatic hydroxyl groups excluding tert-OH is 1. The molecule has 1 atom stereocenters.